The molecule has 0 aromatic heterocycles. The van der Waals surface area contributed by atoms with Crippen LogP contribution >= 0.6 is 0 Å². The van der Waals surface area contributed by atoms with Gasteiger partial charge in [0.05, 0.1) is 0 Å². The number of amidine groups is 1. The molecule has 0 amide bonds. The molecule has 0 spiro atoms. The fraction of sp³-hybridized carbons (Fsp3) is 0.923. The van der Waals surface area contributed by atoms with Crippen LogP contribution < -0.4 is 11.1 Å². The van der Waals surface area contributed by atoms with Crippen LogP contribution in [-0.4, -0.2) is 34.8 Å². The summed E-state index contributed by atoms with van der Waals surface area (Å²) in [4.78, 5) is 0. The number of aliphatic hydroxyl groups excluding tert-OH is 1. The van der Waals surface area contributed by atoms with Crippen LogP contribution in [0.15, 0.2) is 5.16 Å². The van der Waals surface area contributed by atoms with Crippen LogP contribution in [0, 0.1) is 5.41 Å². The van der Waals surface area contributed by atoms with E-state index in [-0.39, 0.29) is 23.4 Å². The molecule has 0 bridgehead atoms. The van der Waals surface area contributed by atoms with Gasteiger partial charge in [0.25, 0.3) is 0 Å². The van der Waals surface area contributed by atoms with Crippen molar-refractivity contribution in [3.8, 4) is 0 Å². The summed E-state index contributed by atoms with van der Waals surface area (Å²) in [5, 5.41) is 24.3. The average Bonchev–Trinajstić information content (AvgIpc) is 2.34. The summed E-state index contributed by atoms with van der Waals surface area (Å²) < 4.78 is 0. The van der Waals surface area contributed by atoms with Crippen molar-refractivity contribution in [2.45, 2.75) is 58.9 Å². The van der Waals surface area contributed by atoms with Gasteiger partial charge >= 0.3 is 0 Å². The molecule has 5 nitrogen and oxygen atoms in total. The quantitative estimate of drug-likeness (QED) is 0.167. The largest absolute Gasteiger partial charge is 0.409 e. The third-order valence-corrected chi connectivity index (χ3v) is 3.78. The van der Waals surface area contributed by atoms with E-state index in [0.717, 1.165) is 32.2 Å². The van der Waals surface area contributed by atoms with Gasteiger partial charge < -0.3 is 21.4 Å². The maximum atomic E-state index is 9.02. The lowest BCUT2D eigenvalue weighted by atomic mass is 9.86. The molecule has 0 aliphatic rings. The van der Waals surface area contributed by atoms with E-state index < -0.39 is 0 Å². The molecule has 0 saturated heterocycles. The predicted octanol–water partition coefficient (Wildman–Crippen LogP) is 1.68. The molecule has 0 aromatic rings. The van der Waals surface area contributed by atoms with Crippen molar-refractivity contribution in [3.05, 3.63) is 0 Å². The molecule has 18 heavy (non-hydrogen) atoms. The van der Waals surface area contributed by atoms with E-state index in [1.165, 1.54) is 0 Å². The molecular weight excluding hydrogens is 230 g/mol. The molecule has 0 fully saturated rings. The standard InChI is InChI=1S/C13H29N3O2/c1-5-13(4,8-10-17)15-9-6-7-12(2,3)11(14)16-18/h15,17-18H,5-10H2,1-4H3,(H2,14,16). The van der Waals surface area contributed by atoms with E-state index in [9.17, 15) is 0 Å². The normalized spacial score (nSPS) is 16.6. The van der Waals surface area contributed by atoms with Crippen molar-refractivity contribution in [1.82, 2.24) is 5.32 Å². The van der Waals surface area contributed by atoms with Crippen molar-refractivity contribution in [2.75, 3.05) is 13.2 Å². The Hall–Kier alpha value is -0.810. The summed E-state index contributed by atoms with van der Waals surface area (Å²) in [7, 11) is 0. The van der Waals surface area contributed by atoms with Gasteiger partial charge in [0.1, 0.15) is 5.84 Å². The zero-order valence-electron chi connectivity index (χ0n) is 12.2. The lowest BCUT2D eigenvalue weighted by molar-refractivity contribution is 0.214. The SMILES string of the molecule is CCC(C)(CCO)NCCCC(C)(C)C(N)=NO. The van der Waals surface area contributed by atoms with E-state index in [4.69, 9.17) is 16.0 Å². The Balaban J connectivity index is 4.06. The molecule has 1 atom stereocenters. The first-order chi connectivity index (χ1) is 8.31. The van der Waals surface area contributed by atoms with Crippen LogP contribution in [0.1, 0.15) is 53.4 Å². The number of rotatable bonds is 9. The Bertz CT molecular complexity index is 267. The van der Waals surface area contributed by atoms with Crippen molar-refractivity contribution in [2.24, 2.45) is 16.3 Å². The third kappa shape index (κ3) is 5.69. The van der Waals surface area contributed by atoms with Crippen LogP contribution in [0.3, 0.4) is 0 Å². The summed E-state index contributed by atoms with van der Waals surface area (Å²) in [6.07, 6.45) is 3.55. The summed E-state index contributed by atoms with van der Waals surface area (Å²) in [6, 6.07) is 0. The number of oxime groups is 1. The number of aliphatic hydroxyl groups is 1. The molecule has 0 radical (unpaired) electrons. The van der Waals surface area contributed by atoms with Crippen LogP contribution in [0.2, 0.25) is 0 Å². The number of hydrogen-bond acceptors (Lipinski definition) is 4. The molecule has 108 valence electrons. The molecule has 5 N–H and O–H groups in total. The summed E-state index contributed by atoms with van der Waals surface area (Å²) in [5.41, 5.74) is 5.35. The van der Waals surface area contributed by atoms with Gasteiger partial charge in [0.2, 0.25) is 0 Å². The summed E-state index contributed by atoms with van der Waals surface area (Å²) in [6.45, 7) is 9.24. The van der Waals surface area contributed by atoms with E-state index in [1.807, 2.05) is 13.8 Å². The van der Waals surface area contributed by atoms with Crippen molar-refractivity contribution in [1.29, 1.82) is 0 Å². The minimum atomic E-state index is -0.282. The molecule has 0 heterocycles. The highest BCUT2D eigenvalue weighted by molar-refractivity contribution is 5.85. The van der Waals surface area contributed by atoms with Gasteiger partial charge in [-0.15, -0.1) is 0 Å². The first-order valence-corrected chi connectivity index (χ1v) is 6.65. The molecule has 0 saturated carbocycles. The number of hydrogen-bond donors (Lipinski definition) is 4. The number of nitrogens with zero attached hydrogens (tertiary/aromatic N) is 1. The monoisotopic (exact) mass is 259 g/mol. The van der Waals surface area contributed by atoms with Gasteiger partial charge in [-0.3, -0.25) is 0 Å². The van der Waals surface area contributed by atoms with Crippen LogP contribution in [0.4, 0.5) is 0 Å². The van der Waals surface area contributed by atoms with Gasteiger partial charge in [-0.05, 0) is 39.2 Å². The fourth-order valence-electron chi connectivity index (χ4n) is 1.82. The highest BCUT2D eigenvalue weighted by Gasteiger charge is 2.24. The molecular formula is C13H29N3O2. The second-order valence-electron chi connectivity index (χ2n) is 5.79. The zero-order chi connectivity index (χ0) is 14.2. The Morgan fingerprint density at radius 1 is 1.28 bits per heavy atom. The molecule has 5 heteroatoms. The average molecular weight is 259 g/mol. The highest BCUT2D eigenvalue weighted by atomic mass is 16.4. The first kappa shape index (κ1) is 17.2. The molecule has 0 aliphatic carbocycles. The Morgan fingerprint density at radius 2 is 1.89 bits per heavy atom. The van der Waals surface area contributed by atoms with Gasteiger partial charge in [0.15, 0.2) is 0 Å². The van der Waals surface area contributed by atoms with Gasteiger partial charge in [0, 0.05) is 17.6 Å². The third-order valence-electron chi connectivity index (χ3n) is 3.78. The summed E-state index contributed by atoms with van der Waals surface area (Å²) in [5.74, 6) is 0.274. The molecule has 0 rings (SSSR count). The van der Waals surface area contributed by atoms with Gasteiger partial charge in [-0.25, -0.2) is 0 Å². The summed E-state index contributed by atoms with van der Waals surface area (Å²) >= 11 is 0. The molecule has 0 aliphatic heterocycles. The first-order valence-electron chi connectivity index (χ1n) is 6.65. The minimum Gasteiger partial charge on any atom is -0.409 e. The predicted molar refractivity (Wildman–Crippen MR) is 74.8 cm³/mol. The number of nitrogens with two attached hydrogens (primary N) is 1. The zero-order valence-corrected chi connectivity index (χ0v) is 12.2. The fourth-order valence-corrected chi connectivity index (χ4v) is 1.82. The van der Waals surface area contributed by atoms with Crippen molar-refractivity contribution in [3.63, 3.8) is 0 Å². The van der Waals surface area contributed by atoms with Crippen LogP contribution in [0.5, 0.6) is 0 Å². The Morgan fingerprint density at radius 3 is 2.33 bits per heavy atom. The molecule has 0 aromatic carbocycles. The van der Waals surface area contributed by atoms with Crippen LogP contribution in [0.25, 0.3) is 0 Å². The lowest BCUT2D eigenvalue weighted by Gasteiger charge is -2.30. The second kappa shape index (κ2) is 7.59. The van der Waals surface area contributed by atoms with Gasteiger partial charge in [-0.1, -0.05) is 25.9 Å². The van der Waals surface area contributed by atoms with E-state index in [2.05, 4.69) is 24.3 Å². The minimum absolute atomic E-state index is 0.00446. The molecule has 1 unspecified atom stereocenters. The van der Waals surface area contributed by atoms with Gasteiger partial charge in [-0.2, -0.15) is 0 Å². The van der Waals surface area contributed by atoms with E-state index in [0.29, 0.717) is 0 Å². The smallest absolute Gasteiger partial charge is 0.144 e. The van der Waals surface area contributed by atoms with Crippen LogP contribution in [-0.2, 0) is 0 Å². The maximum Gasteiger partial charge on any atom is 0.144 e. The van der Waals surface area contributed by atoms with E-state index >= 15 is 0 Å². The Kier molecular flexibility index (Phi) is 7.25. The van der Waals surface area contributed by atoms with E-state index in [1.54, 1.807) is 0 Å². The van der Waals surface area contributed by atoms with Crippen molar-refractivity contribution < 1.29 is 10.3 Å². The topological polar surface area (TPSA) is 90.9 Å². The second-order valence-corrected chi connectivity index (χ2v) is 5.79. The highest BCUT2D eigenvalue weighted by Crippen LogP contribution is 2.22. The number of nitrogens with one attached hydrogen (secondary N) is 1. The Labute approximate surface area is 110 Å². The maximum absolute atomic E-state index is 9.02. The van der Waals surface area contributed by atoms with Crippen molar-refractivity contribution >= 4 is 5.84 Å². The lowest BCUT2D eigenvalue weighted by Crippen LogP contribution is -2.43.